The largest absolute Gasteiger partial charge is 0.449 e. The SMILES string of the molecule is O[C@]1(C(F)(F)F)C=C(C=Cc2ccccc2)NO1. The highest BCUT2D eigenvalue weighted by Crippen LogP contribution is 2.35. The van der Waals surface area contributed by atoms with Crippen LogP contribution in [0, 0.1) is 0 Å². The Hall–Kier alpha value is -1.79. The van der Waals surface area contributed by atoms with Crippen molar-refractivity contribution in [3.05, 3.63) is 53.7 Å². The van der Waals surface area contributed by atoms with Gasteiger partial charge in [0, 0.05) is 6.08 Å². The molecule has 1 aromatic carbocycles. The Morgan fingerprint density at radius 3 is 2.39 bits per heavy atom. The zero-order valence-electron chi connectivity index (χ0n) is 9.11. The topological polar surface area (TPSA) is 41.5 Å². The van der Waals surface area contributed by atoms with Crippen LogP contribution in [0.5, 0.6) is 0 Å². The second-order valence-electron chi connectivity index (χ2n) is 3.74. The number of alkyl halides is 3. The van der Waals surface area contributed by atoms with E-state index >= 15 is 0 Å². The van der Waals surface area contributed by atoms with E-state index < -0.39 is 12.0 Å². The van der Waals surface area contributed by atoms with Gasteiger partial charge in [0.1, 0.15) is 0 Å². The first kappa shape index (κ1) is 12.7. The lowest BCUT2D eigenvalue weighted by molar-refractivity contribution is -0.346. The molecular formula is C12H10F3NO2. The molecule has 0 aromatic heterocycles. The summed E-state index contributed by atoms with van der Waals surface area (Å²) >= 11 is 0. The van der Waals surface area contributed by atoms with E-state index in [1.807, 2.05) is 11.5 Å². The molecule has 0 spiro atoms. The van der Waals surface area contributed by atoms with Crippen molar-refractivity contribution in [2.45, 2.75) is 12.0 Å². The highest BCUT2D eigenvalue weighted by molar-refractivity contribution is 5.52. The van der Waals surface area contributed by atoms with Crippen molar-refractivity contribution < 1.29 is 23.1 Å². The molecule has 6 heteroatoms. The Morgan fingerprint density at radius 1 is 1.17 bits per heavy atom. The second kappa shape index (κ2) is 4.47. The molecule has 0 aliphatic carbocycles. The summed E-state index contributed by atoms with van der Waals surface area (Å²) in [6.07, 6.45) is -1.32. The summed E-state index contributed by atoms with van der Waals surface area (Å²) in [5.41, 5.74) is 2.89. The number of allylic oxidation sites excluding steroid dienone is 1. The van der Waals surface area contributed by atoms with Crippen LogP contribution in [0.1, 0.15) is 5.56 Å². The zero-order chi connectivity index (χ0) is 13.2. The summed E-state index contributed by atoms with van der Waals surface area (Å²) in [7, 11) is 0. The molecule has 1 aliphatic heterocycles. The van der Waals surface area contributed by atoms with Gasteiger partial charge in [0.05, 0.1) is 5.70 Å². The number of hydroxylamine groups is 1. The third-order valence-corrected chi connectivity index (χ3v) is 2.34. The molecule has 1 aromatic rings. The average molecular weight is 257 g/mol. The van der Waals surface area contributed by atoms with Crippen molar-refractivity contribution in [3.8, 4) is 0 Å². The number of benzene rings is 1. The van der Waals surface area contributed by atoms with Crippen molar-refractivity contribution in [3.63, 3.8) is 0 Å². The second-order valence-corrected chi connectivity index (χ2v) is 3.74. The van der Waals surface area contributed by atoms with Crippen molar-refractivity contribution in [2.24, 2.45) is 0 Å². The fourth-order valence-corrected chi connectivity index (χ4v) is 1.38. The molecule has 1 heterocycles. The van der Waals surface area contributed by atoms with Gasteiger partial charge in [0.15, 0.2) is 0 Å². The molecule has 0 saturated carbocycles. The van der Waals surface area contributed by atoms with Gasteiger partial charge in [-0.2, -0.15) is 13.2 Å². The van der Waals surface area contributed by atoms with Crippen LogP contribution in [0.25, 0.3) is 6.08 Å². The minimum Gasteiger partial charge on any atom is -0.354 e. The van der Waals surface area contributed by atoms with E-state index in [0.717, 1.165) is 5.56 Å². The van der Waals surface area contributed by atoms with Crippen LogP contribution in [-0.4, -0.2) is 17.1 Å². The lowest BCUT2D eigenvalue weighted by Gasteiger charge is -2.21. The molecule has 3 nitrogen and oxygen atoms in total. The third-order valence-electron chi connectivity index (χ3n) is 2.34. The van der Waals surface area contributed by atoms with Gasteiger partial charge >= 0.3 is 12.0 Å². The molecule has 0 unspecified atom stereocenters. The molecule has 0 saturated heterocycles. The van der Waals surface area contributed by atoms with Gasteiger partial charge < -0.3 is 5.11 Å². The lowest BCUT2D eigenvalue weighted by Crippen LogP contribution is -2.45. The molecule has 2 rings (SSSR count). The van der Waals surface area contributed by atoms with E-state index in [2.05, 4.69) is 4.84 Å². The van der Waals surface area contributed by atoms with Gasteiger partial charge in [-0.25, -0.2) is 4.84 Å². The first-order valence-electron chi connectivity index (χ1n) is 5.10. The smallest absolute Gasteiger partial charge is 0.354 e. The number of hydrogen-bond acceptors (Lipinski definition) is 3. The molecule has 96 valence electrons. The molecule has 18 heavy (non-hydrogen) atoms. The zero-order valence-corrected chi connectivity index (χ0v) is 9.11. The monoisotopic (exact) mass is 257 g/mol. The summed E-state index contributed by atoms with van der Waals surface area (Å²) in [4.78, 5) is 4.14. The van der Waals surface area contributed by atoms with Crippen LogP contribution in [0.4, 0.5) is 13.2 Å². The summed E-state index contributed by atoms with van der Waals surface area (Å²) < 4.78 is 37.2. The Morgan fingerprint density at radius 2 is 1.83 bits per heavy atom. The number of aliphatic hydroxyl groups is 1. The standard InChI is InChI=1S/C12H10F3NO2/c13-12(14,15)11(17)8-10(16-18-11)7-6-9-4-2-1-3-5-9/h1-8,16-17H/t11-/m1/s1. The molecule has 0 fully saturated rings. The quantitative estimate of drug-likeness (QED) is 0.854. The minimum absolute atomic E-state index is 0.0404. The van der Waals surface area contributed by atoms with Crippen molar-refractivity contribution in [1.29, 1.82) is 0 Å². The van der Waals surface area contributed by atoms with Gasteiger partial charge in [-0.15, -0.1) is 0 Å². The van der Waals surface area contributed by atoms with Crippen LogP contribution in [0.3, 0.4) is 0 Å². The number of nitrogens with one attached hydrogen (secondary N) is 1. The summed E-state index contributed by atoms with van der Waals surface area (Å²) in [6.45, 7) is 0. The maximum Gasteiger partial charge on any atom is 0.449 e. The Kier molecular flexibility index (Phi) is 3.14. The average Bonchev–Trinajstić information content (AvgIpc) is 2.71. The first-order valence-corrected chi connectivity index (χ1v) is 5.10. The third kappa shape index (κ3) is 2.55. The van der Waals surface area contributed by atoms with Crippen LogP contribution < -0.4 is 5.48 Å². The van der Waals surface area contributed by atoms with Crippen molar-refractivity contribution in [1.82, 2.24) is 5.48 Å². The Balaban J connectivity index is 2.13. The Bertz CT molecular complexity index is 482. The van der Waals surface area contributed by atoms with Gasteiger partial charge in [0.2, 0.25) is 0 Å². The summed E-state index contributed by atoms with van der Waals surface area (Å²) in [5.74, 6) is -3.27. The summed E-state index contributed by atoms with van der Waals surface area (Å²) in [6, 6.07) is 9.03. The molecule has 2 N–H and O–H groups in total. The van der Waals surface area contributed by atoms with Crippen molar-refractivity contribution >= 4 is 6.08 Å². The summed E-state index contributed by atoms with van der Waals surface area (Å²) in [5, 5.41) is 9.18. The van der Waals surface area contributed by atoms with Gasteiger partial charge in [-0.05, 0) is 11.6 Å². The van der Waals surface area contributed by atoms with Gasteiger partial charge in [-0.3, -0.25) is 5.48 Å². The van der Waals surface area contributed by atoms with Crippen LogP contribution in [-0.2, 0) is 4.84 Å². The predicted octanol–water partition coefficient (Wildman–Crippen LogP) is 2.37. The molecule has 0 radical (unpaired) electrons. The number of hydrogen-bond donors (Lipinski definition) is 2. The molecule has 1 atom stereocenters. The number of halogens is 3. The highest BCUT2D eigenvalue weighted by atomic mass is 19.4. The molecule has 0 amide bonds. The van der Waals surface area contributed by atoms with E-state index in [9.17, 15) is 18.3 Å². The maximum absolute atomic E-state index is 12.4. The van der Waals surface area contributed by atoms with E-state index in [0.29, 0.717) is 6.08 Å². The van der Waals surface area contributed by atoms with Crippen LogP contribution in [0.15, 0.2) is 48.2 Å². The van der Waals surface area contributed by atoms with Crippen LogP contribution in [0.2, 0.25) is 0 Å². The van der Waals surface area contributed by atoms with E-state index in [1.54, 1.807) is 30.3 Å². The van der Waals surface area contributed by atoms with Gasteiger partial charge in [0.25, 0.3) is 0 Å². The maximum atomic E-state index is 12.4. The van der Waals surface area contributed by atoms with Crippen LogP contribution >= 0.6 is 0 Å². The Labute approximate surface area is 101 Å². The fourth-order valence-electron chi connectivity index (χ4n) is 1.38. The van der Waals surface area contributed by atoms with Gasteiger partial charge in [-0.1, -0.05) is 36.4 Å². The molecule has 1 aliphatic rings. The van der Waals surface area contributed by atoms with E-state index in [1.165, 1.54) is 6.08 Å². The van der Waals surface area contributed by atoms with E-state index in [4.69, 9.17) is 0 Å². The number of rotatable bonds is 2. The molecular weight excluding hydrogens is 247 g/mol. The minimum atomic E-state index is -4.89. The lowest BCUT2D eigenvalue weighted by atomic mass is 10.2. The normalized spacial score (nSPS) is 24.1. The predicted molar refractivity (Wildman–Crippen MR) is 58.8 cm³/mol. The molecule has 0 bridgehead atoms. The van der Waals surface area contributed by atoms with Crippen molar-refractivity contribution in [2.75, 3.05) is 0 Å². The fraction of sp³-hybridized carbons (Fsp3) is 0.167. The first-order chi connectivity index (χ1) is 8.41. The van der Waals surface area contributed by atoms with E-state index in [-0.39, 0.29) is 5.70 Å². The highest BCUT2D eigenvalue weighted by Gasteiger charge is 2.57.